The predicted octanol–water partition coefficient (Wildman–Crippen LogP) is 0.973. The number of carbonyl (C=O) groups excluding carboxylic acids is 2. The minimum absolute atomic E-state index is 0.0492. The standard InChI is InChI=1S/C20H19FN4O3/c1-23-15-11-14(21)16(24-17(15)18(22)26)13-5-3-4-12(10-13)6-7-20(28)8-9-25(2)19(20)27/h3-5,10-11,23,28H,8-9H2,1-2H3,(H2,22,26). The first kappa shape index (κ1) is 19.3. The summed E-state index contributed by atoms with van der Waals surface area (Å²) in [4.78, 5) is 29.1. The van der Waals surface area contributed by atoms with E-state index in [1.165, 1.54) is 11.9 Å². The monoisotopic (exact) mass is 382 g/mol. The highest BCUT2D eigenvalue weighted by molar-refractivity contribution is 5.97. The van der Waals surface area contributed by atoms with Gasteiger partial charge >= 0.3 is 0 Å². The molecule has 0 aliphatic carbocycles. The quantitative estimate of drug-likeness (QED) is 0.686. The summed E-state index contributed by atoms with van der Waals surface area (Å²) in [7, 11) is 3.13. The van der Waals surface area contributed by atoms with Gasteiger partial charge in [0.25, 0.3) is 11.8 Å². The van der Waals surface area contributed by atoms with E-state index in [2.05, 4.69) is 22.1 Å². The number of carbonyl (C=O) groups is 2. The number of benzene rings is 1. The summed E-state index contributed by atoms with van der Waals surface area (Å²) in [6, 6.07) is 7.63. The summed E-state index contributed by atoms with van der Waals surface area (Å²) in [5.41, 5.74) is 4.52. The molecule has 0 bridgehead atoms. The molecule has 1 saturated heterocycles. The van der Waals surface area contributed by atoms with Gasteiger partial charge in [0, 0.05) is 44.3 Å². The molecule has 8 heteroatoms. The third-order valence-electron chi connectivity index (χ3n) is 4.54. The van der Waals surface area contributed by atoms with Crippen molar-refractivity contribution < 1.29 is 19.1 Å². The normalized spacial score (nSPS) is 18.6. The zero-order chi connectivity index (χ0) is 20.5. The van der Waals surface area contributed by atoms with E-state index >= 15 is 0 Å². The molecule has 2 amide bonds. The predicted molar refractivity (Wildman–Crippen MR) is 102 cm³/mol. The van der Waals surface area contributed by atoms with E-state index in [0.29, 0.717) is 17.7 Å². The summed E-state index contributed by atoms with van der Waals surface area (Å²) in [5.74, 6) is 3.51. The lowest BCUT2D eigenvalue weighted by Gasteiger charge is -2.13. The minimum Gasteiger partial charge on any atom is -0.386 e. The second kappa shape index (κ2) is 7.29. The number of amides is 2. The number of likely N-dealkylation sites (tertiary alicyclic amines) is 1. The van der Waals surface area contributed by atoms with Gasteiger partial charge in [0.05, 0.1) is 5.69 Å². The molecule has 1 aliphatic heterocycles. The average Bonchev–Trinajstić information content (AvgIpc) is 2.94. The number of nitrogens with two attached hydrogens (primary N) is 1. The first-order valence-corrected chi connectivity index (χ1v) is 8.55. The number of halogens is 1. The molecule has 1 atom stereocenters. The Bertz CT molecular complexity index is 1030. The molecule has 28 heavy (non-hydrogen) atoms. The molecule has 7 nitrogen and oxygen atoms in total. The highest BCUT2D eigenvalue weighted by atomic mass is 19.1. The second-order valence-corrected chi connectivity index (χ2v) is 6.50. The third-order valence-corrected chi connectivity index (χ3v) is 4.54. The molecule has 2 aromatic rings. The topological polar surface area (TPSA) is 109 Å². The van der Waals surface area contributed by atoms with E-state index < -0.39 is 23.2 Å². The van der Waals surface area contributed by atoms with Crippen LogP contribution in [0.5, 0.6) is 0 Å². The van der Waals surface area contributed by atoms with Crippen LogP contribution in [0.15, 0.2) is 30.3 Å². The van der Waals surface area contributed by atoms with Crippen molar-refractivity contribution in [1.82, 2.24) is 9.88 Å². The van der Waals surface area contributed by atoms with Gasteiger partial charge in [0.15, 0.2) is 11.5 Å². The van der Waals surface area contributed by atoms with Crippen molar-refractivity contribution in [2.75, 3.05) is 26.0 Å². The Hall–Kier alpha value is -3.44. The van der Waals surface area contributed by atoms with Crippen LogP contribution in [0.25, 0.3) is 11.3 Å². The van der Waals surface area contributed by atoms with Crippen LogP contribution in [-0.2, 0) is 4.79 Å². The molecule has 1 aliphatic rings. The molecule has 0 spiro atoms. The van der Waals surface area contributed by atoms with Crippen molar-refractivity contribution in [3.05, 3.63) is 47.4 Å². The first-order valence-electron chi connectivity index (χ1n) is 8.55. The molecule has 1 unspecified atom stereocenters. The zero-order valence-corrected chi connectivity index (χ0v) is 15.4. The highest BCUT2D eigenvalue weighted by Crippen LogP contribution is 2.26. The first-order chi connectivity index (χ1) is 13.2. The molecule has 1 fully saturated rings. The van der Waals surface area contributed by atoms with Crippen molar-refractivity contribution in [3.8, 4) is 23.1 Å². The molecule has 4 N–H and O–H groups in total. The largest absolute Gasteiger partial charge is 0.386 e. The van der Waals surface area contributed by atoms with Crippen LogP contribution in [0, 0.1) is 17.7 Å². The van der Waals surface area contributed by atoms with Crippen molar-refractivity contribution in [3.63, 3.8) is 0 Å². The maximum absolute atomic E-state index is 14.5. The molecule has 0 radical (unpaired) electrons. The molecule has 0 saturated carbocycles. The zero-order valence-electron chi connectivity index (χ0n) is 15.4. The number of pyridine rings is 1. The summed E-state index contributed by atoms with van der Waals surface area (Å²) < 4.78 is 14.5. The van der Waals surface area contributed by atoms with Crippen LogP contribution in [-0.4, -0.2) is 53.0 Å². The summed E-state index contributed by atoms with van der Waals surface area (Å²) >= 11 is 0. The van der Waals surface area contributed by atoms with Crippen LogP contribution < -0.4 is 11.1 Å². The molecule has 2 heterocycles. The Balaban J connectivity index is 2.00. The summed E-state index contributed by atoms with van der Waals surface area (Å²) in [5, 5.41) is 13.1. The maximum atomic E-state index is 14.5. The molecular weight excluding hydrogens is 363 g/mol. The fraction of sp³-hybridized carbons (Fsp3) is 0.250. The number of primary amides is 1. The fourth-order valence-electron chi connectivity index (χ4n) is 2.96. The van der Waals surface area contributed by atoms with Gasteiger partial charge in [-0.2, -0.15) is 0 Å². The van der Waals surface area contributed by atoms with Crippen LogP contribution in [0.3, 0.4) is 0 Å². The van der Waals surface area contributed by atoms with Crippen molar-refractivity contribution in [1.29, 1.82) is 0 Å². The summed E-state index contributed by atoms with van der Waals surface area (Å²) in [6.45, 7) is 0.424. The lowest BCUT2D eigenvalue weighted by molar-refractivity contribution is -0.137. The fourth-order valence-corrected chi connectivity index (χ4v) is 2.96. The number of nitrogens with zero attached hydrogens (tertiary/aromatic N) is 2. The average molecular weight is 382 g/mol. The molecule has 1 aromatic carbocycles. The van der Waals surface area contributed by atoms with Crippen LogP contribution >= 0.6 is 0 Å². The van der Waals surface area contributed by atoms with Crippen LogP contribution in [0.4, 0.5) is 10.1 Å². The number of likely N-dealkylation sites (N-methyl/N-ethyl adjacent to an activating group) is 1. The lowest BCUT2D eigenvalue weighted by Crippen LogP contribution is -2.37. The minimum atomic E-state index is -1.72. The number of anilines is 1. The summed E-state index contributed by atoms with van der Waals surface area (Å²) in [6.07, 6.45) is 0.221. The van der Waals surface area contributed by atoms with E-state index in [1.807, 2.05) is 0 Å². The SMILES string of the molecule is CNc1cc(F)c(-c2cccc(C#CC3(O)CCN(C)C3=O)c2)nc1C(N)=O. The van der Waals surface area contributed by atoms with Crippen molar-refractivity contribution in [2.45, 2.75) is 12.0 Å². The number of aromatic nitrogens is 1. The Labute approximate surface area is 161 Å². The van der Waals surface area contributed by atoms with Gasteiger partial charge in [-0.1, -0.05) is 24.0 Å². The molecule has 3 rings (SSSR count). The Morgan fingerprint density at radius 2 is 2.18 bits per heavy atom. The number of aliphatic hydroxyl groups is 1. The Morgan fingerprint density at radius 3 is 2.79 bits per heavy atom. The van der Waals surface area contributed by atoms with Crippen LogP contribution in [0.1, 0.15) is 22.5 Å². The van der Waals surface area contributed by atoms with Gasteiger partial charge in [-0.3, -0.25) is 9.59 Å². The van der Waals surface area contributed by atoms with Gasteiger partial charge in [-0.05, 0) is 12.1 Å². The van der Waals surface area contributed by atoms with Gasteiger partial charge in [0.2, 0.25) is 5.60 Å². The van der Waals surface area contributed by atoms with Gasteiger partial charge < -0.3 is 21.1 Å². The Morgan fingerprint density at radius 1 is 1.43 bits per heavy atom. The molecule has 144 valence electrons. The van der Waals surface area contributed by atoms with Gasteiger partial charge in [-0.15, -0.1) is 0 Å². The van der Waals surface area contributed by atoms with E-state index in [0.717, 1.165) is 6.07 Å². The van der Waals surface area contributed by atoms with Gasteiger partial charge in [0.1, 0.15) is 5.69 Å². The number of nitrogens with one attached hydrogen (secondary N) is 1. The number of hydrogen-bond acceptors (Lipinski definition) is 5. The second-order valence-electron chi connectivity index (χ2n) is 6.50. The van der Waals surface area contributed by atoms with E-state index in [1.54, 1.807) is 31.3 Å². The highest BCUT2D eigenvalue weighted by Gasteiger charge is 2.42. The number of rotatable bonds is 3. The molecular formula is C20H19FN4O3. The van der Waals surface area contributed by atoms with Gasteiger partial charge in [-0.25, -0.2) is 9.37 Å². The smallest absolute Gasteiger partial charge is 0.269 e. The lowest BCUT2D eigenvalue weighted by atomic mass is 10.0. The van der Waals surface area contributed by atoms with Crippen molar-refractivity contribution >= 4 is 17.5 Å². The molecule has 1 aromatic heterocycles. The van der Waals surface area contributed by atoms with E-state index in [4.69, 9.17) is 5.73 Å². The van der Waals surface area contributed by atoms with E-state index in [-0.39, 0.29) is 23.5 Å². The Kier molecular flexibility index (Phi) is 5.03. The van der Waals surface area contributed by atoms with Crippen LogP contribution in [0.2, 0.25) is 0 Å². The van der Waals surface area contributed by atoms with Crippen molar-refractivity contribution in [2.24, 2.45) is 5.73 Å². The number of hydrogen-bond donors (Lipinski definition) is 3. The van der Waals surface area contributed by atoms with E-state index in [9.17, 15) is 19.1 Å². The maximum Gasteiger partial charge on any atom is 0.269 e. The third kappa shape index (κ3) is 3.52.